The molecule has 2 amide bonds. The number of anilines is 1. The molecule has 0 radical (unpaired) electrons. The lowest BCUT2D eigenvalue weighted by Gasteiger charge is -2.12. The molecular formula is C13H17N5O4. The largest absolute Gasteiger partial charge is 0.394 e. The molecule has 0 saturated heterocycles. The number of rotatable bonds is 3. The number of urea groups is 1. The number of aliphatic hydroxyl groups excluding tert-OH is 1. The van der Waals surface area contributed by atoms with Gasteiger partial charge in [-0.1, -0.05) is 0 Å². The normalized spacial score (nSPS) is 12.2. The molecule has 2 aromatic rings. The van der Waals surface area contributed by atoms with Gasteiger partial charge in [0.2, 0.25) is 0 Å². The zero-order valence-electron chi connectivity index (χ0n) is 12.5. The molecule has 1 atom stereocenters. The van der Waals surface area contributed by atoms with Gasteiger partial charge in [0.05, 0.1) is 29.9 Å². The molecular weight excluding hydrogens is 290 g/mol. The van der Waals surface area contributed by atoms with Crippen molar-refractivity contribution in [1.29, 1.82) is 0 Å². The molecule has 22 heavy (non-hydrogen) atoms. The number of carbonyl (C=O) groups excluding carboxylic acids is 1. The lowest BCUT2D eigenvalue weighted by atomic mass is 10.3. The van der Waals surface area contributed by atoms with Crippen LogP contribution in [0.25, 0.3) is 11.0 Å². The van der Waals surface area contributed by atoms with Gasteiger partial charge in [-0.2, -0.15) is 0 Å². The third kappa shape index (κ3) is 2.84. The third-order valence-corrected chi connectivity index (χ3v) is 3.20. The first-order valence-corrected chi connectivity index (χ1v) is 6.59. The second-order valence-corrected chi connectivity index (χ2v) is 4.98. The molecule has 0 saturated carbocycles. The first-order valence-electron chi connectivity index (χ1n) is 6.59. The van der Waals surface area contributed by atoms with Gasteiger partial charge in [-0.25, -0.2) is 14.6 Å². The predicted octanol–water partition coefficient (Wildman–Crippen LogP) is -0.865. The lowest BCUT2D eigenvalue weighted by Crippen LogP contribution is -2.38. The van der Waals surface area contributed by atoms with Gasteiger partial charge in [0.15, 0.2) is 0 Å². The maximum Gasteiger partial charge on any atom is 0.332 e. The fraction of sp³-hybridized carbons (Fsp3) is 0.385. The summed E-state index contributed by atoms with van der Waals surface area (Å²) in [5.74, 6) is 0. The number of nitrogens with one attached hydrogen (secondary N) is 2. The standard InChI is InChI=1S/C13H17N5O4/c1-7(6-19)15-12(21)16-8-4-9-10(14-5-8)17(2)13(22)18(3)11(9)20/h4-5,7,19H,6H2,1-3H3,(H2,15,16,21)/t7-/m1/s1. The maximum atomic E-state index is 12.1. The molecule has 0 aromatic carbocycles. The number of hydrogen-bond donors (Lipinski definition) is 3. The van der Waals surface area contributed by atoms with Gasteiger partial charge >= 0.3 is 11.7 Å². The number of carbonyl (C=O) groups is 1. The summed E-state index contributed by atoms with van der Waals surface area (Å²) in [7, 11) is 2.89. The Morgan fingerprint density at radius 2 is 2.05 bits per heavy atom. The van der Waals surface area contributed by atoms with Crippen LogP contribution in [-0.4, -0.2) is 37.9 Å². The molecule has 0 aliphatic carbocycles. The van der Waals surface area contributed by atoms with Crippen molar-refractivity contribution in [1.82, 2.24) is 19.4 Å². The maximum absolute atomic E-state index is 12.1. The van der Waals surface area contributed by atoms with Gasteiger partial charge in [-0.05, 0) is 13.0 Å². The van der Waals surface area contributed by atoms with Gasteiger partial charge in [0.1, 0.15) is 5.65 Å². The fourth-order valence-corrected chi connectivity index (χ4v) is 1.97. The van der Waals surface area contributed by atoms with Crippen molar-refractivity contribution in [3.05, 3.63) is 33.1 Å². The van der Waals surface area contributed by atoms with Gasteiger partial charge < -0.3 is 15.7 Å². The van der Waals surface area contributed by atoms with E-state index in [0.29, 0.717) is 5.69 Å². The number of pyridine rings is 1. The van der Waals surface area contributed by atoms with Gasteiger partial charge in [0.25, 0.3) is 5.56 Å². The first kappa shape index (κ1) is 15.7. The van der Waals surface area contributed by atoms with Crippen molar-refractivity contribution < 1.29 is 9.90 Å². The summed E-state index contributed by atoms with van der Waals surface area (Å²) < 4.78 is 2.23. The number of fused-ring (bicyclic) bond motifs is 1. The zero-order chi connectivity index (χ0) is 16.4. The summed E-state index contributed by atoms with van der Waals surface area (Å²) in [5, 5.41) is 14.1. The van der Waals surface area contributed by atoms with Crippen LogP contribution in [0.2, 0.25) is 0 Å². The van der Waals surface area contributed by atoms with E-state index in [1.807, 2.05) is 0 Å². The number of aromatic nitrogens is 3. The summed E-state index contributed by atoms with van der Waals surface area (Å²) in [6.45, 7) is 1.45. The van der Waals surface area contributed by atoms with Crippen LogP contribution in [0.15, 0.2) is 21.9 Å². The average molecular weight is 307 g/mol. The number of aliphatic hydroxyl groups is 1. The van der Waals surface area contributed by atoms with Gasteiger partial charge in [-0.3, -0.25) is 13.9 Å². The topological polar surface area (TPSA) is 118 Å². The second-order valence-electron chi connectivity index (χ2n) is 4.98. The first-order chi connectivity index (χ1) is 10.3. The van der Waals surface area contributed by atoms with Crippen LogP contribution in [-0.2, 0) is 14.1 Å². The number of hydrogen-bond acceptors (Lipinski definition) is 5. The summed E-state index contributed by atoms with van der Waals surface area (Å²) in [6.07, 6.45) is 1.35. The summed E-state index contributed by atoms with van der Waals surface area (Å²) in [5.41, 5.74) is -0.410. The van der Waals surface area contributed by atoms with Gasteiger partial charge in [-0.15, -0.1) is 0 Å². The van der Waals surface area contributed by atoms with Crippen molar-refractivity contribution in [3.63, 3.8) is 0 Å². The number of amides is 2. The molecule has 118 valence electrons. The minimum Gasteiger partial charge on any atom is -0.394 e. The molecule has 2 aromatic heterocycles. The van der Waals surface area contributed by atoms with Crippen molar-refractivity contribution >= 4 is 22.8 Å². The van der Waals surface area contributed by atoms with E-state index in [9.17, 15) is 14.4 Å². The van der Waals surface area contributed by atoms with Crippen molar-refractivity contribution in [2.45, 2.75) is 13.0 Å². The number of aryl methyl sites for hydroxylation is 1. The Kier molecular flexibility index (Phi) is 4.27. The van der Waals surface area contributed by atoms with Crippen LogP contribution >= 0.6 is 0 Å². The Balaban J connectivity index is 2.41. The second kappa shape index (κ2) is 5.98. The highest BCUT2D eigenvalue weighted by Crippen LogP contribution is 2.11. The average Bonchev–Trinajstić information content (AvgIpc) is 2.50. The molecule has 0 unspecified atom stereocenters. The van der Waals surface area contributed by atoms with Crippen LogP contribution in [0, 0.1) is 0 Å². The Morgan fingerprint density at radius 1 is 1.36 bits per heavy atom. The minimum absolute atomic E-state index is 0.188. The summed E-state index contributed by atoms with van der Waals surface area (Å²) in [4.78, 5) is 39.7. The molecule has 9 heteroatoms. The van der Waals surface area contributed by atoms with Gasteiger partial charge in [0, 0.05) is 14.1 Å². The van der Waals surface area contributed by atoms with Crippen LogP contribution in [0.3, 0.4) is 0 Å². The molecule has 0 spiro atoms. The fourth-order valence-electron chi connectivity index (χ4n) is 1.97. The molecule has 0 bridgehead atoms. The highest BCUT2D eigenvalue weighted by molar-refractivity contribution is 5.91. The van der Waals surface area contributed by atoms with Crippen LogP contribution in [0.1, 0.15) is 6.92 Å². The molecule has 3 N–H and O–H groups in total. The highest BCUT2D eigenvalue weighted by Gasteiger charge is 2.12. The van der Waals surface area contributed by atoms with E-state index >= 15 is 0 Å². The third-order valence-electron chi connectivity index (χ3n) is 3.20. The van der Waals surface area contributed by atoms with E-state index in [1.54, 1.807) is 6.92 Å². The number of nitrogens with zero attached hydrogens (tertiary/aromatic N) is 3. The molecule has 0 aliphatic heterocycles. The summed E-state index contributed by atoms with van der Waals surface area (Å²) in [6, 6.07) is 0.527. The quantitative estimate of drug-likeness (QED) is 0.681. The molecule has 2 heterocycles. The predicted molar refractivity (Wildman–Crippen MR) is 80.9 cm³/mol. The van der Waals surface area contributed by atoms with Crippen molar-refractivity contribution in [2.75, 3.05) is 11.9 Å². The van der Waals surface area contributed by atoms with Crippen molar-refractivity contribution in [3.8, 4) is 0 Å². The lowest BCUT2D eigenvalue weighted by molar-refractivity contribution is 0.229. The van der Waals surface area contributed by atoms with E-state index in [0.717, 1.165) is 4.57 Å². The Bertz CT molecular complexity index is 839. The summed E-state index contributed by atoms with van der Waals surface area (Å²) >= 11 is 0. The van der Waals surface area contributed by atoms with Crippen molar-refractivity contribution in [2.24, 2.45) is 14.1 Å². The molecule has 9 nitrogen and oxygen atoms in total. The van der Waals surface area contributed by atoms with Crippen LogP contribution < -0.4 is 21.9 Å². The van der Waals surface area contributed by atoms with E-state index in [4.69, 9.17) is 5.11 Å². The van der Waals surface area contributed by atoms with Crippen LogP contribution in [0.5, 0.6) is 0 Å². The van der Waals surface area contributed by atoms with E-state index in [-0.39, 0.29) is 17.6 Å². The Hall–Kier alpha value is -2.68. The van der Waals surface area contributed by atoms with E-state index in [2.05, 4.69) is 15.6 Å². The Labute approximate surface area is 125 Å². The molecule has 0 aliphatic rings. The minimum atomic E-state index is -0.524. The molecule has 0 fully saturated rings. The monoisotopic (exact) mass is 307 g/mol. The van der Waals surface area contributed by atoms with Crippen LogP contribution in [0.4, 0.5) is 10.5 Å². The molecule has 2 rings (SSSR count). The van der Waals surface area contributed by atoms with E-state index < -0.39 is 23.3 Å². The highest BCUT2D eigenvalue weighted by atomic mass is 16.3. The van der Waals surface area contributed by atoms with E-state index in [1.165, 1.54) is 30.9 Å². The smallest absolute Gasteiger partial charge is 0.332 e. The SMILES string of the molecule is C[C@H](CO)NC(=O)Nc1cnc2c(c1)c(=O)n(C)c(=O)n2C. The zero-order valence-corrected chi connectivity index (χ0v) is 12.5. The Morgan fingerprint density at radius 3 is 2.68 bits per heavy atom.